The third-order valence-electron chi connectivity index (χ3n) is 3.14. The molecule has 2 rings (SSSR count). The number of nitriles is 1. The van der Waals surface area contributed by atoms with Crippen LogP contribution in [0.3, 0.4) is 0 Å². The molecule has 1 aliphatic carbocycles. The predicted octanol–water partition coefficient (Wildman–Crippen LogP) is 2.64. The molecule has 1 amide bonds. The summed E-state index contributed by atoms with van der Waals surface area (Å²) in [6.45, 7) is 0. The minimum atomic E-state index is -0.305. The largest absolute Gasteiger partial charge is 0.465 e. The summed E-state index contributed by atoms with van der Waals surface area (Å²) in [5.41, 5.74) is 0.0931. The number of furan rings is 1. The first kappa shape index (κ1) is 12.4. The van der Waals surface area contributed by atoms with Crippen LogP contribution in [0.2, 0.25) is 0 Å². The Morgan fingerprint density at radius 2 is 2.22 bits per heavy atom. The summed E-state index contributed by atoms with van der Waals surface area (Å²) in [6, 6.07) is 5.56. The van der Waals surface area contributed by atoms with Crippen LogP contribution in [0.1, 0.15) is 37.9 Å². The van der Waals surface area contributed by atoms with E-state index in [0.717, 1.165) is 25.7 Å². The monoisotopic (exact) mass is 244 g/mol. The van der Waals surface area contributed by atoms with Crippen LogP contribution in [-0.2, 0) is 4.79 Å². The zero-order valence-corrected chi connectivity index (χ0v) is 10.2. The Morgan fingerprint density at radius 3 is 2.83 bits per heavy atom. The van der Waals surface area contributed by atoms with E-state index < -0.39 is 0 Å². The van der Waals surface area contributed by atoms with Crippen LogP contribution in [0.15, 0.2) is 28.4 Å². The van der Waals surface area contributed by atoms with Gasteiger partial charge in [0, 0.05) is 12.1 Å². The van der Waals surface area contributed by atoms with Crippen molar-refractivity contribution < 1.29 is 9.21 Å². The lowest BCUT2D eigenvalue weighted by Gasteiger charge is -2.22. The van der Waals surface area contributed by atoms with Gasteiger partial charge in [0.2, 0.25) is 0 Å². The van der Waals surface area contributed by atoms with Crippen molar-refractivity contribution >= 4 is 12.0 Å². The summed E-state index contributed by atoms with van der Waals surface area (Å²) < 4.78 is 5.10. The Bertz CT molecular complexity index is 462. The molecular formula is C14H16N2O2. The van der Waals surface area contributed by atoms with Gasteiger partial charge in [0.15, 0.2) is 0 Å². The van der Waals surface area contributed by atoms with E-state index >= 15 is 0 Å². The number of nitrogens with one attached hydrogen (secondary N) is 1. The first-order valence-corrected chi connectivity index (χ1v) is 6.26. The highest BCUT2D eigenvalue weighted by Crippen LogP contribution is 2.18. The fourth-order valence-electron chi connectivity index (χ4n) is 2.17. The van der Waals surface area contributed by atoms with Crippen LogP contribution in [-0.4, -0.2) is 11.9 Å². The predicted molar refractivity (Wildman–Crippen MR) is 67.3 cm³/mol. The SMILES string of the molecule is N#C/C(=C\c1ccco1)C(=O)NC1CCCCC1. The second-order valence-electron chi connectivity index (χ2n) is 4.49. The number of hydrogen-bond donors (Lipinski definition) is 1. The number of carbonyl (C=O) groups excluding carboxylic acids is 1. The Kier molecular flexibility index (Phi) is 4.19. The van der Waals surface area contributed by atoms with E-state index in [-0.39, 0.29) is 17.5 Å². The number of nitrogens with zero attached hydrogens (tertiary/aromatic N) is 1. The van der Waals surface area contributed by atoms with Gasteiger partial charge in [-0.3, -0.25) is 4.79 Å². The fourth-order valence-corrected chi connectivity index (χ4v) is 2.17. The van der Waals surface area contributed by atoms with Crippen molar-refractivity contribution in [2.24, 2.45) is 0 Å². The molecule has 0 aliphatic heterocycles. The van der Waals surface area contributed by atoms with E-state index in [1.165, 1.54) is 18.8 Å². The van der Waals surface area contributed by atoms with E-state index in [1.807, 2.05) is 6.07 Å². The molecule has 0 unspecified atom stereocenters. The summed E-state index contributed by atoms with van der Waals surface area (Å²) in [7, 11) is 0. The van der Waals surface area contributed by atoms with Crippen LogP contribution in [0, 0.1) is 11.3 Å². The van der Waals surface area contributed by atoms with E-state index in [0.29, 0.717) is 5.76 Å². The zero-order chi connectivity index (χ0) is 12.8. The van der Waals surface area contributed by atoms with E-state index in [9.17, 15) is 4.79 Å². The number of amides is 1. The number of carbonyl (C=O) groups is 1. The fraction of sp³-hybridized carbons (Fsp3) is 0.429. The third kappa shape index (κ3) is 3.24. The van der Waals surface area contributed by atoms with Crippen molar-refractivity contribution in [2.45, 2.75) is 38.1 Å². The molecule has 1 saturated carbocycles. The molecule has 4 nitrogen and oxygen atoms in total. The normalized spacial score (nSPS) is 17.2. The molecular weight excluding hydrogens is 228 g/mol. The van der Waals surface area contributed by atoms with Crippen molar-refractivity contribution in [1.82, 2.24) is 5.32 Å². The van der Waals surface area contributed by atoms with Crippen molar-refractivity contribution in [3.63, 3.8) is 0 Å². The summed E-state index contributed by atoms with van der Waals surface area (Å²) >= 11 is 0. The van der Waals surface area contributed by atoms with Gasteiger partial charge in [0.05, 0.1) is 6.26 Å². The molecule has 1 aromatic heterocycles. The van der Waals surface area contributed by atoms with Gasteiger partial charge < -0.3 is 9.73 Å². The summed E-state index contributed by atoms with van der Waals surface area (Å²) in [5, 5.41) is 11.9. The van der Waals surface area contributed by atoms with Gasteiger partial charge in [0.1, 0.15) is 17.4 Å². The molecule has 1 N–H and O–H groups in total. The molecule has 0 atom stereocenters. The molecule has 0 radical (unpaired) electrons. The van der Waals surface area contributed by atoms with Gasteiger partial charge in [-0.25, -0.2) is 0 Å². The summed E-state index contributed by atoms with van der Waals surface area (Å²) in [5.74, 6) is 0.214. The first-order valence-electron chi connectivity index (χ1n) is 6.26. The van der Waals surface area contributed by atoms with Crippen LogP contribution >= 0.6 is 0 Å². The molecule has 1 heterocycles. The third-order valence-corrected chi connectivity index (χ3v) is 3.14. The highest BCUT2D eigenvalue weighted by Gasteiger charge is 2.18. The molecule has 0 spiro atoms. The van der Waals surface area contributed by atoms with Crippen LogP contribution < -0.4 is 5.32 Å². The average Bonchev–Trinajstić information content (AvgIpc) is 2.90. The Balaban J connectivity index is 2.00. The molecule has 18 heavy (non-hydrogen) atoms. The smallest absolute Gasteiger partial charge is 0.262 e. The number of rotatable bonds is 3. The molecule has 0 saturated heterocycles. The Labute approximate surface area is 106 Å². The number of hydrogen-bond acceptors (Lipinski definition) is 3. The second-order valence-corrected chi connectivity index (χ2v) is 4.49. The Hall–Kier alpha value is -2.02. The quantitative estimate of drug-likeness (QED) is 0.656. The maximum atomic E-state index is 11.9. The van der Waals surface area contributed by atoms with Gasteiger partial charge in [-0.05, 0) is 25.0 Å². The standard InChI is InChI=1S/C14H16N2O2/c15-10-11(9-13-7-4-8-18-13)14(17)16-12-5-2-1-3-6-12/h4,7-9,12H,1-3,5-6H2,(H,16,17)/b11-9+. The maximum absolute atomic E-state index is 11.9. The molecule has 1 aromatic rings. The van der Waals surface area contributed by atoms with Crippen molar-refractivity contribution in [3.8, 4) is 6.07 Å². The molecule has 1 fully saturated rings. The van der Waals surface area contributed by atoms with Crippen LogP contribution in [0.25, 0.3) is 6.08 Å². The lowest BCUT2D eigenvalue weighted by Crippen LogP contribution is -2.36. The lowest BCUT2D eigenvalue weighted by atomic mass is 9.95. The van der Waals surface area contributed by atoms with Gasteiger partial charge in [-0.15, -0.1) is 0 Å². The van der Waals surface area contributed by atoms with E-state index in [1.54, 1.807) is 12.1 Å². The first-order chi connectivity index (χ1) is 8.79. The van der Waals surface area contributed by atoms with Gasteiger partial charge in [-0.2, -0.15) is 5.26 Å². The zero-order valence-electron chi connectivity index (χ0n) is 10.2. The lowest BCUT2D eigenvalue weighted by molar-refractivity contribution is -0.117. The Morgan fingerprint density at radius 1 is 1.44 bits per heavy atom. The van der Waals surface area contributed by atoms with Gasteiger partial charge >= 0.3 is 0 Å². The topological polar surface area (TPSA) is 66.0 Å². The second kappa shape index (κ2) is 6.06. The minimum absolute atomic E-state index is 0.0931. The van der Waals surface area contributed by atoms with Crippen molar-refractivity contribution in [3.05, 3.63) is 29.7 Å². The minimum Gasteiger partial charge on any atom is -0.465 e. The van der Waals surface area contributed by atoms with Crippen molar-refractivity contribution in [2.75, 3.05) is 0 Å². The maximum Gasteiger partial charge on any atom is 0.262 e. The molecule has 0 aromatic carbocycles. The molecule has 1 aliphatic rings. The van der Waals surface area contributed by atoms with Crippen LogP contribution in [0.4, 0.5) is 0 Å². The molecule has 94 valence electrons. The van der Waals surface area contributed by atoms with E-state index in [2.05, 4.69) is 5.32 Å². The average molecular weight is 244 g/mol. The van der Waals surface area contributed by atoms with Crippen LogP contribution in [0.5, 0.6) is 0 Å². The highest BCUT2D eigenvalue weighted by molar-refractivity contribution is 6.01. The highest BCUT2D eigenvalue weighted by atomic mass is 16.3. The van der Waals surface area contributed by atoms with Gasteiger partial charge in [-0.1, -0.05) is 19.3 Å². The molecule has 0 bridgehead atoms. The molecule has 4 heteroatoms. The van der Waals surface area contributed by atoms with E-state index in [4.69, 9.17) is 9.68 Å². The van der Waals surface area contributed by atoms with Crippen molar-refractivity contribution in [1.29, 1.82) is 5.26 Å². The van der Waals surface area contributed by atoms with Gasteiger partial charge in [0.25, 0.3) is 5.91 Å². The summed E-state index contributed by atoms with van der Waals surface area (Å²) in [4.78, 5) is 11.9. The summed E-state index contributed by atoms with van der Waals surface area (Å²) in [6.07, 6.45) is 8.53.